The van der Waals surface area contributed by atoms with Crippen molar-refractivity contribution in [3.05, 3.63) is 34.4 Å². The molecule has 0 bridgehead atoms. The minimum absolute atomic E-state index is 0.0274. The van der Waals surface area contributed by atoms with Crippen molar-refractivity contribution >= 4 is 17.5 Å². The molecule has 1 aromatic carbocycles. The van der Waals surface area contributed by atoms with Gasteiger partial charge in [0.25, 0.3) is 5.69 Å². The van der Waals surface area contributed by atoms with Crippen molar-refractivity contribution in [1.29, 1.82) is 0 Å². The Morgan fingerprint density at radius 2 is 2.00 bits per heavy atom. The zero-order chi connectivity index (χ0) is 10.6. The fraction of sp³-hybridized carbons (Fsp3) is 0.125. The maximum atomic E-state index is 10.7. The number of amides is 1. The Kier molecular flexibility index (Phi) is 3.01. The van der Waals surface area contributed by atoms with Crippen LogP contribution in [0.5, 0.6) is 0 Å². The van der Waals surface area contributed by atoms with E-state index in [1.807, 2.05) is 0 Å². The molecular formula is C8H8N2O4. The van der Waals surface area contributed by atoms with Gasteiger partial charge in [-0.15, -0.1) is 0 Å². The number of ether oxygens (including phenoxy) is 1. The van der Waals surface area contributed by atoms with Crippen LogP contribution in [0.25, 0.3) is 0 Å². The zero-order valence-corrected chi connectivity index (χ0v) is 7.39. The molecule has 0 spiro atoms. The van der Waals surface area contributed by atoms with Gasteiger partial charge >= 0.3 is 6.09 Å². The number of hydrogen-bond acceptors (Lipinski definition) is 4. The molecule has 0 saturated heterocycles. The molecule has 0 unspecified atom stereocenters. The second-order valence-corrected chi connectivity index (χ2v) is 2.42. The minimum atomic E-state index is -0.612. The van der Waals surface area contributed by atoms with Crippen molar-refractivity contribution < 1.29 is 14.5 Å². The Hall–Kier alpha value is -2.11. The van der Waals surface area contributed by atoms with Crippen LogP contribution in [-0.2, 0) is 4.74 Å². The summed E-state index contributed by atoms with van der Waals surface area (Å²) in [5, 5.41) is 12.7. The van der Waals surface area contributed by atoms with Crippen LogP contribution in [0.4, 0.5) is 16.2 Å². The Morgan fingerprint density at radius 1 is 1.43 bits per heavy atom. The molecular weight excluding hydrogens is 187 g/mol. The van der Waals surface area contributed by atoms with E-state index >= 15 is 0 Å². The number of carbonyl (C=O) groups is 1. The molecule has 6 nitrogen and oxygen atoms in total. The first-order valence-corrected chi connectivity index (χ1v) is 3.73. The van der Waals surface area contributed by atoms with E-state index in [0.29, 0.717) is 5.69 Å². The molecule has 0 saturated carbocycles. The Labute approximate surface area is 79.6 Å². The summed E-state index contributed by atoms with van der Waals surface area (Å²) in [6.45, 7) is 0. The summed E-state index contributed by atoms with van der Waals surface area (Å²) < 4.78 is 4.35. The van der Waals surface area contributed by atoms with E-state index in [9.17, 15) is 14.9 Å². The number of rotatable bonds is 2. The molecule has 74 valence electrons. The Bertz CT molecular complexity index is 347. The molecule has 0 aliphatic heterocycles. The highest BCUT2D eigenvalue weighted by Crippen LogP contribution is 2.15. The van der Waals surface area contributed by atoms with Crippen molar-refractivity contribution in [2.45, 2.75) is 0 Å². The van der Waals surface area contributed by atoms with E-state index in [-0.39, 0.29) is 5.69 Å². The van der Waals surface area contributed by atoms with Crippen LogP contribution in [0.1, 0.15) is 0 Å². The normalized spacial score (nSPS) is 9.21. The van der Waals surface area contributed by atoms with Gasteiger partial charge in [-0.25, -0.2) is 4.79 Å². The number of anilines is 1. The summed E-state index contributed by atoms with van der Waals surface area (Å²) in [5.74, 6) is 0. The van der Waals surface area contributed by atoms with Crippen LogP contribution in [0.15, 0.2) is 24.3 Å². The van der Waals surface area contributed by atoms with E-state index in [2.05, 4.69) is 10.1 Å². The minimum Gasteiger partial charge on any atom is -0.453 e. The maximum absolute atomic E-state index is 10.7. The van der Waals surface area contributed by atoms with Crippen LogP contribution in [0.2, 0.25) is 0 Å². The van der Waals surface area contributed by atoms with Gasteiger partial charge in [-0.05, 0) is 12.1 Å². The summed E-state index contributed by atoms with van der Waals surface area (Å²) in [5.41, 5.74) is 0.419. The predicted octanol–water partition coefficient (Wildman–Crippen LogP) is 1.77. The quantitative estimate of drug-likeness (QED) is 0.575. The predicted molar refractivity (Wildman–Crippen MR) is 49.1 cm³/mol. The van der Waals surface area contributed by atoms with Gasteiger partial charge in [0.15, 0.2) is 0 Å². The SMILES string of the molecule is CO[11C](=O)Nc1ccc([N+](=O)[O-])cc1. The molecule has 0 aromatic heterocycles. The van der Waals surface area contributed by atoms with E-state index in [1.54, 1.807) is 0 Å². The van der Waals surface area contributed by atoms with Crippen molar-refractivity contribution in [3.63, 3.8) is 0 Å². The number of nitro groups is 1. The lowest BCUT2D eigenvalue weighted by Gasteiger charge is -2.01. The summed E-state index contributed by atoms with van der Waals surface area (Å²) in [6, 6.07) is 5.45. The van der Waals surface area contributed by atoms with Crippen molar-refractivity contribution in [3.8, 4) is 0 Å². The number of methoxy groups -OCH3 is 1. The van der Waals surface area contributed by atoms with Crippen LogP contribution in [0.3, 0.4) is 0 Å². The van der Waals surface area contributed by atoms with Gasteiger partial charge in [0, 0.05) is 17.8 Å². The summed E-state index contributed by atoms with van der Waals surface area (Å²) >= 11 is 0. The topological polar surface area (TPSA) is 81.5 Å². The molecule has 6 heteroatoms. The van der Waals surface area contributed by atoms with Crippen LogP contribution in [0, 0.1) is 10.1 Å². The third-order valence-corrected chi connectivity index (χ3v) is 1.51. The lowest BCUT2D eigenvalue weighted by Crippen LogP contribution is -2.10. The molecule has 0 heterocycles. The molecule has 0 aliphatic carbocycles. The fourth-order valence-corrected chi connectivity index (χ4v) is 0.835. The monoisotopic (exact) mass is 195 g/mol. The number of benzene rings is 1. The highest BCUT2D eigenvalue weighted by Gasteiger charge is 2.05. The number of nitro benzene ring substituents is 1. The van der Waals surface area contributed by atoms with Crippen LogP contribution < -0.4 is 5.32 Å². The van der Waals surface area contributed by atoms with Gasteiger partial charge in [-0.2, -0.15) is 0 Å². The van der Waals surface area contributed by atoms with Gasteiger partial charge in [0.1, 0.15) is 0 Å². The van der Waals surface area contributed by atoms with E-state index in [1.165, 1.54) is 31.4 Å². The number of nitrogens with zero attached hydrogens (tertiary/aromatic N) is 1. The zero-order valence-electron chi connectivity index (χ0n) is 7.39. The Balaban J connectivity index is 2.73. The molecule has 1 aromatic rings. The number of hydrogen-bond donors (Lipinski definition) is 1. The van der Waals surface area contributed by atoms with Gasteiger partial charge in [-0.3, -0.25) is 15.4 Å². The molecule has 0 fully saturated rings. The second kappa shape index (κ2) is 4.22. The smallest absolute Gasteiger partial charge is 0.411 e. The largest absolute Gasteiger partial charge is 0.453 e. The third-order valence-electron chi connectivity index (χ3n) is 1.51. The number of nitrogens with one attached hydrogen (secondary N) is 1. The standard InChI is InChI=1S/C8H8N2O4/c1-14-8(11)9-6-2-4-7(5-3-6)10(12)13/h2-5H,1H3,(H,9,11)/i8-1. The Morgan fingerprint density at radius 3 is 2.43 bits per heavy atom. The average molecular weight is 195 g/mol. The van der Waals surface area contributed by atoms with Gasteiger partial charge in [0.05, 0.1) is 12.0 Å². The second-order valence-electron chi connectivity index (χ2n) is 2.42. The summed E-state index contributed by atoms with van der Waals surface area (Å²) in [4.78, 5) is 20.5. The van der Waals surface area contributed by atoms with Gasteiger partial charge in [-0.1, -0.05) is 0 Å². The first-order valence-electron chi connectivity index (χ1n) is 3.73. The molecule has 1 N–H and O–H groups in total. The maximum Gasteiger partial charge on any atom is 0.411 e. The van der Waals surface area contributed by atoms with Crippen molar-refractivity contribution in [2.75, 3.05) is 12.4 Å². The van der Waals surface area contributed by atoms with E-state index < -0.39 is 11.0 Å². The third kappa shape index (κ3) is 2.44. The highest BCUT2D eigenvalue weighted by atomic mass is 16.6. The molecule has 0 aliphatic rings. The lowest BCUT2D eigenvalue weighted by molar-refractivity contribution is -0.384. The highest BCUT2D eigenvalue weighted by molar-refractivity contribution is 5.84. The van der Waals surface area contributed by atoms with Crippen LogP contribution in [-0.4, -0.2) is 18.1 Å². The first-order chi connectivity index (χ1) is 6.63. The molecule has 0 radical (unpaired) electrons. The lowest BCUT2D eigenvalue weighted by atomic mass is 10.2. The first kappa shape index (κ1) is 9.97. The van der Waals surface area contributed by atoms with Crippen molar-refractivity contribution in [1.82, 2.24) is 0 Å². The number of non-ortho nitro benzene ring substituents is 1. The van der Waals surface area contributed by atoms with E-state index in [0.717, 1.165) is 0 Å². The van der Waals surface area contributed by atoms with Gasteiger partial charge < -0.3 is 4.74 Å². The van der Waals surface area contributed by atoms with Crippen molar-refractivity contribution in [2.24, 2.45) is 0 Å². The molecule has 14 heavy (non-hydrogen) atoms. The molecule has 1 rings (SSSR count). The summed E-state index contributed by atoms with van der Waals surface area (Å²) in [6.07, 6.45) is -0.612. The van der Waals surface area contributed by atoms with Gasteiger partial charge in [0.2, 0.25) is 0 Å². The number of carbonyl (C=O) groups excluding carboxylic acids is 1. The van der Waals surface area contributed by atoms with Crippen LogP contribution >= 0.6 is 0 Å². The summed E-state index contributed by atoms with van der Waals surface area (Å²) in [7, 11) is 1.24. The van der Waals surface area contributed by atoms with E-state index in [4.69, 9.17) is 0 Å². The molecule has 1 amide bonds. The fourth-order valence-electron chi connectivity index (χ4n) is 0.835. The average Bonchev–Trinajstić information content (AvgIpc) is 2.18. The molecule has 0 atom stereocenters.